The topological polar surface area (TPSA) is 84.0 Å². The van der Waals surface area contributed by atoms with Crippen molar-refractivity contribution in [3.05, 3.63) is 60.2 Å². The number of ether oxygens (including phenoxy) is 1. The molecule has 30 heavy (non-hydrogen) atoms. The van der Waals surface area contributed by atoms with E-state index in [0.29, 0.717) is 0 Å². The molecule has 11 heteroatoms. The second-order valence-corrected chi connectivity index (χ2v) is 9.28. The molecule has 158 valence electrons. The molecule has 0 atom stereocenters. The Morgan fingerprint density at radius 2 is 1.43 bits per heavy atom. The maximum absolute atomic E-state index is 13.6. The first-order valence-corrected chi connectivity index (χ1v) is 10.2. The molecule has 0 spiro atoms. The van der Waals surface area contributed by atoms with Gasteiger partial charge < -0.3 is 4.74 Å². The van der Waals surface area contributed by atoms with Gasteiger partial charge >= 0.3 is 6.36 Å². The minimum atomic E-state index is -4.90. The van der Waals surface area contributed by atoms with Crippen molar-refractivity contribution in [2.75, 3.05) is 14.1 Å². The second kappa shape index (κ2) is 7.60. The number of hydrogen-bond donors (Lipinski definition) is 0. The third kappa shape index (κ3) is 3.70. The van der Waals surface area contributed by atoms with Crippen LogP contribution >= 0.6 is 7.44 Å². The molecule has 1 aliphatic rings. The number of amides is 2. The van der Waals surface area contributed by atoms with Gasteiger partial charge in [-0.05, 0) is 36.4 Å². The standard InChI is InChI=1S/C19H16F3N2O5P/c1-23-17(26)15(16(25)12-8-10-13(11-9-12)29-19(20,21)22)18(27)24(2)30(23,28)14-6-4-3-5-7-14/h3-11,15H,1-2H3. The Morgan fingerprint density at radius 3 is 1.90 bits per heavy atom. The van der Waals surface area contributed by atoms with Gasteiger partial charge in [0.2, 0.25) is 11.8 Å². The summed E-state index contributed by atoms with van der Waals surface area (Å²) in [6, 6.07) is 11.8. The summed E-state index contributed by atoms with van der Waals surface area (Å²) >= 11 is 0. The molecule has 1 saturated heterocycles. The molecule has 0 bridgehead atoms. The van der Waals surface area contributed by atoms with Crippen LogP contribution in [0, 0.1) is 5.92 Å². The number of alkyl halides is 3. The van der Waals surface area contributed by atoms with Crippen molar-refractivity contribution in [3.8, 4) is 5.75 Å². The van der Waals surface area contributed by atoms with Gasteiger partial charge in [-0.1, -0.05) is 18.2 Å². The van der Waals surface area contributed by atoms with E-state index in [0.717, 1.165) is 33.6 Å². The molecule has 1 heterocycles. The Hall–Kier alpha value is -3.13. The quantitative estimate of drug-likeness (QED) is 0.415. The number of hydrogen-bond acceptors (Lipinski definition) is 5. The molecule has 2 aromatic carbocycles. The van der Waals surface area contributed by atoms with Crippen LogP contribution < -0.4 is 10.0 Å². The molecule has 0 unspecified atom stereocenters. The molecule has 7 nitrogen and oxygen atoms in total. The molecule has 0 radical (unpaired) electrons. The molecule has 0 saturated carbocycles. The summed E-state index contributed by atoms with van der Waals surface area (Å²) in [4.78, 5) is 38.5. The smallest absolute Gasteiger partial charge is 0.406 e. The van der Waals surface area contributed by atoms with Crippen LogP contribution in [-0.4, -0.2) is 47.4 Å². The van der Waals surface area contributed by atoms with Crippen molar-refractivity contribution in [2.45, 2.75) is 6.36 Å². The number of benzene rings is 2. The van der Waals surface area contributed by atoms with Crippen LogP contribution in [0.25, 0.3) is 0 Å². The minimum absolute atomic E-state index is 0.158. The lowest BCUT2D eigenvalue weighted by Gasteiger charge is -2.41. The first-order chi connectivity index (χ1) is 14.0. The lowest BCUT2D eigenvalue weighted by Crippen LogP contribution is -2.54. The van der Waals surface area contributed by atoms with Crippen LogP contribution in [0.2, 0.25) is 0 Å². The average molecular weight is 440 g/mol. The Kier molecular flexibility index (Phi) is 5.47. The first kappa shape index (κ1) is 21.6. The monoisotopic (exact) mass is 440 g/mol. The zero-order valence-electron chi connectivity index (χ0n) is 15.8. The molecule has 2 amide bonds. The van der Waals surface area contributed by atoms with Crippen molar-refractivity contribution >= 4 is 30.3 Å². The van der Waals surface area contributed by atoms with Gasteiger partial charge in [-0.2, -0.15) is 0 Å². The van der Waals surface area contributed by atoms with Gasteiger partial charge in [0.05, 0.1) is 5.30 Å². The van der Waals surface area contributed by atoms with Crippen molar-refractivity contribution in [2.24, 2.45) is 5.92 Å². The van der Waals surface area contributed by atoms with Gasteiger partial charge in [-0.15, -0.1) is 13.2 Å². The first-order valence-electron chi connectivity index (χ1n) is 8.58. The van der Waals surface area contributed by atoms with Crippen LogP contribution in [-0.2, 0) is 14.2 Å². The van der Waals surface area contributed by atoms with Crippen LogP contribution in [0.3, 0.4) is 0 Å². The van der Waals surface area contributed by atoms with E-state index in [1.807, 2.05) is 0 Å². The number of halogens is 3. The van der Waals surface area contributed by atoms with Gasteiger partial charge in [0.15, 0.2) is 11.7 Å². The van der Waals surface area contributed by atoms with E-state index in [9.17, 15) is 32.1 Å². The predicted octanol–water partition coefficient (Wildman–Crippen LogP) is 2.83. The fourth-order valence-electron chi connectivity index (χ4n) is 3.13. The average Bonchev–Trinajstić information content (AvgIpc) is 2.71. The highest BCUT2D eigenvalue weighted by molar-refractivity contribution is 7.68. The van der Waals surface area contributed by atoms with Crippen molar-refractivity contribution in [3.63, 3.8) is 0 Å². The number of carbonyl (C=O) groups excluding carboxylic acids is 3. The van der Waals surface area contributed by atoms with Crippen LogP contribution in [0.4, 0.5) is 13.2 Å². The van der Waals surface area contributed by atoms with Gasteiger partial charge in [-0.3, -0.25) is 28.3 Å². The highest BCUT2D eigenvalue weighted by atomic mass is 31.2. The molecule has 1 aliphatic heterocycles. The molecule has 0 N–H and O–H groups in total. The third-order valence-electron chi connectivity index (χ3n) is 4.67. The molecular weight excluding hydrogens is 424 g/mol. The molecular formula is C19H16F3N2O5P. The zero-order valence-corrected chi connectivity index (χ0v) is 16.7. The summed E-state index contributed by atoms with van der Waals surface area (Å²) in [6.07, 6.45) is -4.90. The van der Waals surface area contributed by atoms with Crippen LogP contribution in [0.5, 0.6) is 5.75 Å². The normalized spacial score (nSPS) is 22.2. The number of ketones is 1. The highest BCUT2D eigenvalue weighted by Crippen LogP contribution is 2.54. The third-order valence-corrected chi connectivity index (χ3v) is 7.66. The lowest BCUT2D eigenvalue weighted by molar-refractivity contribution is -0.274. The number of Topliss-reactive ketones (excluding diaryl/α,β-unsaturated/α-hetero) is 1. The van der Waals surface area contributed by atoms with E-state index in [2.05, 4.69) is 4.74 Å². The molecule has 1 fully saturated rings. The summed E-state index contributed by atoms with van der Waals surface area (Å²) < 4.78 is 55.9. The van der Waals surface area contributed by atoms with E-state index in [4.69, 9.17) is 0 Å². The summed E-state index contributed by atoms with van der Waals surface area (Å²) in [6.45, 7) is 0. The Labute approximate surface area is 169 Å². The number of nitrogens with zero attached hydrogens (tertiary/aromatic N) is 2. The second-order valence-electron chi connectivity index (χ2n) is 6.47. The fourth-order valence-corrected chi connectivity index (χ4v) is 5.55. The maximum Gasteiger partial charge on any atom is 0.573 e. The summed E-state index contributed by atoms with van der Waals surface area (Å²) in [5.74, 6) is -5.17. The maximum atomic E-state index is 13.6. The predicted molar refractivity (Wildman–Crippen MR) is 100 cm³/mol. The highest BCUT2D eigenvalue weighted by Gasteiger charge is 2.53. The zero-order chi connectivity index (χ0) is 22.3. The summed E-state index contributed by atoms with van der Waals surface area (Å²) in [5, 5.41) is 0.247. The van der Waals surface area contributed by atoms with E-state index >= 15 is 0 Å². The van der Waals surface area contributed by atoms with Gasteiger partial charge in [0.25, 0.3) is 7.44 Å². The Balaban J connectivity index is 1.91. The van der Waals surface area contributed by atoms with Gasteiger partial charge in [0, 0.05) is 19.7 Å². The Bertz CT molecular complexity index is 1010. The van der Waals surface area contributed by atoms with Crippen LogP contribution in [0.15, 0.2) is 54.6 Å². The number of carbonyl (C=O) groups is 3. The molecule has 2 aromatic rings. The van der Waals surface area contributed by atoms with Gasteiger partial charge in [0.1, 0.15) is 5.75 Å². The summed E-state index contributed by atoms with van der Waals surface area (Å²) in [7, 11) is -1.32. The van der Waals surface area contributed by atoms with E-state index in [-0.39, 0.29) is 10.9 Å². The van der Waals surface area contributed by atoms with E-state index < -0.39 is 43.1 Å². The SMILES string of the molecule is CN1C(=O)C(C(=O)c2ccc(OC(F)(F)F)cc2)C(=O)N(C)P1(=O)c1ccccc1. The van der Waals surface area contributed by atoms with E-state index in [1.54, 1.807) is 18.2 Å². The van der Waals surface area contributed by atoms with Gasteiger partial charge in [-0.25, -0.2) is 0 Å². The molecule has 0 aromatic heterocycles. The fraction of sp³-hybridized carbons (Fsp3) is 0.211. The van der Waals surface area contributed by atoms with Crippen molar-refractivity contribution < 1.29 is 36.9 Å². The largest absolute Gasteiger partial charge is 0.573 e. The van der Waals surface area contributed by atoms with E-state index in [1.165, 1.54) is 26.2 Å². The van der Waals surface area contributed by atoms with Crippen molar-refractivity contribution in [1.82, 2.24) is 9.34 Å². The molecule has 3 rings (SSSR count). The Morgan fingerprint density at radius 1 is 0.933 bits per heavy atom. The lowest BCUT2D eigenvalue weighted by atomic mass is 9.95. The van der Waals surface area contributed by atoms with Crippen molar-refractivity contribution in [1.29, 1.82) is 0 Å². The number of rotatable bonds is 4. The summed E-state index contributed by atoms with van der Waals surface area (Å²) in [5.41, 5.74) is -0.158. The van der Waals surface area contributed by atoms with Crippen LogP contribution in [0.1, 0.15) is 10.4 Å². The minimum Gasteiger partial charge on any atom is -0.406 e. The molecule has 0 aliphatic carbocycles.